The molecule has 344 valence electrons. The van der Waals surface area contributed by atoms with Gasteiger partial charge in [-0.3, -0.25) is 19.3 Å². The Morgan fingerprint density at radius 2 is 1.73 bits per heavy atom. The third-order valence-electron chi connectivity index (χ3n) is 14.5. The summed E-state index contributed by atoms with van der Waals surface area (Å²) < 4.78 is 29.4. The molecule has 7 heterocycles. The average molecular weight is 911 g/mol. The molecule has 2 bridgehead atoms. The molecular weight excluding hydrogens is 864 g/mol. The molecule has 4 unspecified atom stereocenters. The van der Waals surface area contributed by atoms with Crippen LogP contribution < -0.4 is 16.6 Å². The van der Waals surface area contributed by atoms with Gasteiger partial charge in [-0.15, -0.1) is 0 Å². The molecule has 67 heavy (non-hydrogen) atoms. The second-order valence-electron chi connectivity index (χ2n) is 18.3. The normalized spacial score (nSPS) is 20.4. The van der Waals surface area contributed by atoms with Crippen molar-refractivity contribution in [1.82, 2.24) is 39.4 Å². The monoisotopic (exact) mass is 910 g/mol. The number of benzene rings is 3. The fourth-order valence-corrected chi connectivity index (χ4v) is 11.2. The summed E-state index contributed by atoms with van der Waals surface area (Å²) in [6.45, 7) is 6.75. The quantitative estimate of drug-likeness (QED) is 0.144. The predicted octanol–water partition coefficient (Wildman–Crippen LogP) is 5.27. The van der Waals surface area contributed by atoms with Crippen LogP contribution in [-0.4, -0.2) is 94.1 Å². The van der Waals surface area contributed by atoms with E-state index in [-0.39, 0.29) is 60.0 Å². The lowest BCUT2D eigenvalue weighted by atomic mass is 9.81. The van der Waals surface area contributed by atoms with Gasteiger partial charge >= 0.3 is 17.8 Å². The number of fused-ring (bicyclic) bond motifs is 7. The van der Waals surface area contributed by atoms with Crippen LogP contribution in [0.4, 0.5) is 9.18 Å². The van der Waals surface area contributed by atoms with Crippen LogP contribution in [0.1, 0.15) is 89.1 Å². The number of ether oxygens (including phenoxy) is 2. The molecular formula is C49H47FN8O9. The Balaban J connectivity index is 0.769. The number of amides is 2. The molecule has 2 fully saturated rings. The van der Waals surface area contributed by atoms with Gasteiger partial charge in [-0.1, -0.05) is 19.1 Å². The predicted molar refractivity (Wildman–Crippen MR) is 240 cm³/mol. The van der Waals surface area contributed by atoms with Crippen molar-refractivity contribution in [2.75, 3.05) is 19.7 Å². The summed E-state index contributed by atoms with van der Waals surface area (Å²) in [4.78, 5) is 76.0. The zero-order valence-electron chi connectivity index (χ0n) is 37.0. The number of likely N-dealkylation sites (tertiary alicyclic amines) is 1. The Hall–Kier alpha value is -7.34. The molecule has 3 aromatic heterocycles. The summed E-state index contributed by atoms with van der Waals surface area (Å²) in [5.41, 5.74) is 6.84. The number of aromatic hydroxyl groups is 2. The van der Waals surface area contributed by atoms with Gasteiger partial charge in [0.05, 0.1) is 52.2 Å². The van der Waals surface area contributed by atoms with Crippen molar-refractivity contribution in [3.63, 3.8) is 0 Å². The minimum absolute atomic E-state index is 0.0649. The molecule has 4 atom stereocenters. The first-order chi connectivity index (χ1) is 32.3. The number of phenols is 2. The maximum absolute atomic E-state index is 15.4. The van der Waals surface area contributed by atoms with E-state index in [1.54, 1.807) is 24.5 Å². The topological polar surface area (TPSA) is 214 Å². The molecule has 0 saturated carbocycles. The highest BCUT2D eigenvalue weighted by atomic mass is 19.1. The molecule has 4 aliphatic heterocycles. The maximum Gasteiger partial charge on any atom is 0.408 e. The fraction of sp³-hybridized carbons (Fsp3) is 0.367. The molecule has 5 aliphatic rings. The molecule has 11 rings (SSSR count). The highest BCUT2D eigenvalue weighted by molar-refractivity contribution is 5.93. The number of rotatable bonds is 8. The first-order valence-corrected chi connectivity index (χ1v) is 22.6. The number of nitrogens with one attached hydrogen (secondary N) is 2. The minimum atomic E-state index is -0.766. The van der Waals surface area contributed by atoms with Gasteiger partial charge in [0.15, 0.2) is 12.4 Å². The summed E-state index contributed by atoms with van der Waals surface area (Å²) in [6, 6.07) is 12.8. The lowest BCUT2D eigenvalue weighted by Crippen LogP contribution is -2.56. The molecule has 0 spiro atoms. The summed E-state index contributed by atoms with van der Waals surface area (Å²) in [5.74, 6) is -1.72. The van der Waals surface area contributed by atoms with Crippen LogP contribution in [0.3, 0.4) is 0 Å². The molecule has 18 heteroatoms. The van der Waals surface area contributed by atoms with Crippen LogP contribution in [0.2, 0.25) is 0 Å². The van der Waals surface area contributed by atoms with Crippen molar-refractivity contribution >= 4 is 28.9 Å². The van der Waals surface area contributed by atoms with E-state index >= 15 is 4.39 Å². The molecule has 4 N–H and O–H groups in total. The van der Waals surface area contributed by atoms with Crippen molar-refractivity contribution < 1.29 is 38.5 Å². The SMILES string of the molecule is CCC1C(=O)OCc2c1cc1n(c2=O)Cc2c-1nc1cc(F)c(C)c3c1c2C(NC(=O)OCC(=O)N1C2CCC1CN(Cc1ccc(-n4c(-c5cc(C)c(O)cc5O)n[nH]c4=O)cc1)C2)CC3. The second-order valence-corrected chi connectivity index (χ2v) is 18.3. The number of phenolic OH excluding ortho intramolecular Hbond substituents is 2. The minimum Gasteiger partial charge on any atom is -0.508 e. The molecule has 17 nitrogen and oxygen atoms in total. The standard InChI is InChI=1S/C49H47FN8O9/c1-4-29-31-14-38-44-33(20-56(38)46(62)34(31)21-66-47(29)63)43-36(12-11-30-24(3)35(50)15-37(51-44)42(30)43)52-49(65)67-22-41(61)57-27-9-10-28(57)19-55(18-27)17-25-5-7-26(8-6-25)58-45(53-54-48(58)64)32-13-23(2)39(59)16-40(32)60/h5-8,13-16,27-29,36,59-60H,4,9-12,17-22H2,1-3H3,(H,52,65)(H,54,64). The molecule has 2 amide bonds. The van der Waals surface area contributed by atoms with Gasteiger partial charge in [-0.2, -0.15) is 5.10 Å². The fourth-order valence-electron chi connectivity index (χ4n) is 11.2. The number of aromatic nitrogens is 5. The van der Waals surface area contributed by atoms with Crippen molar-refractivity contribution in [2.45, 2.75) is 96.6 Å². The van der Waals surface area contributed by atoms with E-state index in [2.05, 4.69) is 20.4 Å². The largest absolute Gasteiger partial charge is 0.508 e. The Kier molecular flexibility index (Phi) is 10.1. The van der Waals surface area contributed by atoms with Gasteiger partial charge in [0.1, 0.15) is 23.9 Å². The highest BCUT2D eigenvalue weighted by Crippen LogP contribution is 2.46. The number of alkyl carbamates (subject to hydrolysis) is 1. The lowest BCUT2D eigenvalue weighted by molar-refractivity contribution is -0.148. The van der Waals surface area contributed by atoms with Gasteiger partial charge in [0.2, 0.25) is 0 Å². The number of carbonyl (C=O) groups is 3. The number of aromatic amines is 1. The van der Waals surface area contributed by atoms with Crippen molar-refractivity contribution in [2.24, 2.45) is 0 Å². The molecule has 1 aliphatic carbocycles. The van der Waals surface area contributed by atoms with E-state index in [0.717, 1.165) is 40.5 Å². The van der Waals surface area contributed by atoms with Crippen molar-refractivity contribution in [1.29, 1.82) is 0 Å². The maximum atomic E-state index is 15.4. The zero-order chi connectivity index (χ0) is 46.6. The number of nitrogens with zero attached hydrogens (tertiary/aromatic N) is 6. The van der Waals surface area contributed by atoms with Crippen molar-refractivity contribution in [3.8, 4) is 40.0 Å². The summed E-state index contributed by atoms with van der Waals surface area (Å²) >= 11 is 0. The average Bonchev–Trinajstić information content (AvgIpc) is 3.96. The van der Waals surface area contributed by atoms with E-state index in [9.17, 15) is 34.2 Å². The third kappa shape index (κ3) is 6.86. The highest BCUT2D eigenvalue weighted by Gasteiger charge is 2.43. The Morgan fingerprint density at radius 1 is 0.970 bits per heavy atom. The van der Waals surface area contributed by atoms with Crippen LogP contribution in [0.25, 0.3) is 39.4 Å². The van der Waals surface area contributed by atoms with Gasteiger partial charge in [-0.05, 0) is 104 Å². The Labute approximate surface area is 381 Å². The number of cyclic esters (lactones) is 1. The second kappa shape index (κ2) is 15.9. The van der Waals surface area contributed by atoms with Gasteiger partial charge < -0.3 is 34.5 Å². The lowest BCUT2D eigenvalue weighted by Gasteiger charge is -2.41. The van der Waals surface area contributed by atoms with Crippen LogP contribution in [0, 0.1) is 19.7 Å². The molecule has 3 aromatic carbocycles. The molecule has 6 aromatic rings. The Morgan fingerprint density at radius 3 is 2.48 bits per heavy atom. The Bertz CT molecular complexity index is 3220. The van der Waals surface area contributed by atoms with Gasteiger partial charge in [0.25, 0.3) is 11.5 Å². The van der Waals surface area contributed by atoms with E-state index in [1.807, 2.05) is 42.2 Å². The number of hydrogen-bond acceptors (Lipinski definition) is 12. The zero-order valence-corrected chi connectivity index (χ0v) is 37.0. The number of esters is 1. The number of halogens is 1. The van der Waals surface area contributed by atoms with Gasteiger partial charge in [0, 0.05) is 54.8 Å². The van der Waals surface area contributed by atoms with Crippen LogP contribution in [-0.2, 0) is 45.2 Å². The first kappa shape index (κ1) is 42.3. The van der Waals surface area contributed by atoms with E-state index in [1.165, 1.54) is 16.7 Å². The number of hydrogen-bond donors (Lipinski definition) is 4. The van der Waals surface area contributed by atoms with Gasteiger partial charge in [-0.25, -0.2) is 28.6 Å². The number of pyridine rings is 2. The number of aryl methyl sites for hydroxylation is 2. The number of H-pyrrole nitrogens is 1. The van der Waals surface area contributed by atoms with E-state index < -0.39 is 36.2 Å². The summed E-state index contributed by atoms with van der Waals surface area (Å²) in [7, 11) is 0. The number of piperazine rings is 1. The van der Waals surface area contributed by atoms with Crippen LogP contribution >= 0.6 is 0 Å². The molecule has 0 radical (unpaired) electrons. The first-order valence-electron chi connectivity index (χ1n) is 22.6. The van der Waals surface area contributed by atoms with E-state index in [4.69, 9.17) is 14.5 Å². The van der Waals surface area contributed by atoms with Crippen molar-refractivity contribution in [3.05, 3.63) is 120 Å². The van der Waals surface area contributed by atoms with Crippen LogP contribution in [0.5, 0.6) is 11.5 Å². The van der Waals surface area contributed by atoms with Crippen LogP contribution in [0.15, 0.2) is 58.1 Å². The summed E-state index contributed by atoms with van der Waals surface area (Å²) in [5, 5.41) is 30.9. The smallest absolute Gasteiger partial charge is 0.408 e. The third-order valence-corrected chi connectivity index (χ3v) is 14.5. The van der Waals surface area contributed by atoms with E-state index in [0.29, 0.717) is 89.3 Å². The summed E-state index contributed by atoms with van der Waals surface area (Å²) in [6.07, 6.45) is 2.21. The molecule has 2 saturated heterocycles. The number of carbonyl (C=O) groups excluding carboxylic acids is 3.